The Morgan fingerprint density at radius 3 is 2.61 bits per heavy atom. The molecule has 1 aliphatic heterocycles. The number of nitrogens with zero attached hydrogens (tertiary/aromatic N) is 3. The summed E-state index contributed by atoms with van der Waals surface area (Å²) in [6, 6.07) is 16.1. The Bertz CT molecular complexity index is 1030. The molecule has 2 aliphatic rings. The van der Waals surface area contributed by atoms with Gasteiger partial charge in [-0.25, -0.2) is 4.98 Å². The summed E-state index contributed by atoms with van der Waals surface area (Å²) in [5, 5.41) is 7.35. The van der Waals surface area contributed by atoms with E-state index in [1.807, 2.05) is 0 Å². The molecule has 1 aromatic carbocycles. The predicted molar refractivity (Wildman–Crippen MR) is 136 cm³/mol. The lowest BCUT2D eigenvalue weighted by atomic mass is 9.95. The van der Waals surface area contributed by atoms with Gasteiger partial charge in [-0.3, -0.25) is 9.30 Å². The number of rotatable bonds is 10. The van der Waals surface area contributed by atoms with Crippen LogP contribution in [0.2, 0.25) is 0 Å². The summed E-state index contributed by atoms with van der Waals surface area (Å²) in [6.45, 7) is 8.56. The summed E-state index contributed by atoms with van der Waals surface area (Å²) < 4.78 is 2.38. The fourth-order valence-corrected chi connectivity index (χ4v) is 5.47. The van der Waals surface area contributed by atoms with Gasteiger partial charge in [-0.05, 0) is 57.8 Å². The van der Waals surface area contributed by atoms with Gasteiger partial charge in [0, 0.05) is 43.5 Å². The Hall–Kier alpha value is -2.21. The SMILES string of the molecule is Cc1ccc(-c2nc3cccc4n3c2CN(CCCCNCCNC2CCCCC2)C4)cc1. The molecule has 2 N–H and O–H groups in total. The molecule has 1 aliphatic carbocycles. The average molecular weight is 446 g/mol. The van der Waals surface area contributed by atoms with Crippen molar-refractivity contribution < 1.29 is 0 Å². The quantitative estimate of drug-likeness (QED) is 0.435. The van der Waals surface area contributed by atoms with Crippen molar-refractivity contribution in [3.05, 3.63) is 59.4 Å². The van der Waals surface area contributed by atoms with Crippen LogP contribution in [0.3, 0.4) is 0 Å². The molecule has 3 aromatic rings. The fourth-order valence-electron chi connectivity index (χ4n) is 5.47. The van der Waals surface area contributed by atoms with Gasteiger partial charge in [0.05, 0.1) is 11.4 Å². The lowest BCUT2D eigenvalue weighted by Gasteiger charge is -2.28. The number of hydrogen-bond acceptors (Lipinski definition) is 4. The zero-order valence-electron chi connectivity index (χ0n) is 20.2. The number of hydrogen-bond donors (Lipinski definition) is 2. The van der Waals surface area contributed by atoms with E-state index in [0.717, 1.165) is 56.7 Å². The maximum atomic E-state index is 5.01. The Morgan fingerprint density at radius 2 is 1.76 bits per heavy atom. The van der Waals surface area contributed by atoms with E-state index in [9.17, 15) is 0 Å². The molecule has 5 rings (SSSR count). The van der Waals surface area contributed by atoms with Crippen molar-refractivity contribution in [2.24, 2.45) is 0 Å². The van der Waals surface area contributed by atoms with Gasteiger partial charge in [0.2, 0.25) is 0 Å². The molecule has 0 spiro atoms. The highest BCUT2D eigenvalue weighted by Crippen LogP contribution is 2.30. The molecule has 3 heterocycles. The number of imidazole rings is 1. The largest absolute Gasteiger partial charge is 0.315 e. The smallest absolute Gasteiger partial charge is 0.137 e. The zero-order chi connectivity index (χ0) is 22.5. The van der Waals surface area contributed by atoms with Crippen LogP contribution in [0.1, 0.15) is 61.9 Å². The Morgan fingerprint density at radius 1 is 0.909 bits per heavy atom. The molecule has 176 valence electrons. The van der Waals surface area contributed by atoms with Crippen molar-refractivity contribution in [1.82, 2.24) is 24.9 Å². The van der Waals surface area contributed by atoms with Gasteiger partial charge >= 0.3 is 0 Å². The number of aromatic nitrogens is 2. The van der Waals surface area contributed by atoms with E-state index in [1.165, 1.54) is 67.5 Å². The predicted octanol–water partition coefficient (Wildman–Crippen LogP) is 4.92. The van der Waals surface area contributed by atoms with Gasteiger partial charge in [0.25, 0.3) is 0 Å². The Labute approximate surface area is 198 Å². The van der Waals surface area contributed by atoms with Crippen molar-refractivity contribution in [3.8, 4) is 11.3 Å². The van der Waals surface area contributed by atoms with Crippen LogP contribution in [0.15, 0.2) is 42.5 Å². The van der Waals surface area contributed by atoms with E-state index < -0.39 is 0 Å². The van der Waals surface area contributed by atoms with E-state index in [0.29, 0.717) is 0 Å². The highest BCUT2D eigenvalue weighted by molar-refractivity contribution is 5.67. The second-order valence-corrected chi connectivity index (χ2v) is 9.94. The van der Waals surface area contributed by atoms with E-state index in [-0.39, 0.29) is 0 Å². The fraction of sp³-hybridized carbons (Fsp3) is 0.536. The van der Waals surface area contributed by atoms with Crippen LogP contribution in [0.25, 0.3) is 16.9 Å². The summed E-state index contributed by atoms with van der Waals surface area (Å²) in [4.78, 5) is 7.60. The molecule has 0 bridgehead atoms. The second kappa shape index (κ2) is 10.8. The molecule has 2 aromatic heterocycles. The van der Waals surface area contributed by atoms with Crippen LogP contribution in [0.5, 0.6) is 0 Å². The van der Waals surface area contributed by atoms with Gasteiger partial charge in [-0.1, -0.05) is 55.2 Å². The molecule has 0 radical (unpaired) electrons. The molecule has 0 amide bonds. The first kappa shape index (κ1) is 22.6. The third-order valence-electron chi connectivity index (χ3n) is 7.32. The van der Waals surface area contributed by atoms with Crippen molar-refractivity contribution in [1.29, 1.82) is 0 Å². The average Bonchev–Trinajstić information content (AvgIpc) is 3.22. The standard InChI is InChI=1S/C28H39N5/c1-22-12-14-23(15-13-22)28-26-21-32(20-25-10-7-11-27(31-28)33(25)26)19-6-5-16-29-17-18-30-24-8-3-2-4-9-24/h7,10-15,24,29-30H,2-6,8-9,16-21H2,1H3. The normalized spacial score (nSPS) is 17.1. The molecule has 33 heavy (non-hydrogen) atoms. The zero-order valence-corrected chi connectivity index (χ0v) is 20.2. The van der Waals surface area contributed by atoms with E-state index in [4.69, 9.17) is 4.98 Å². The van der Waals surface area contributed by atoms with Crippen LogP contribution in [-0.2, 0) is 13.1 Å². The minimum absolute atomic E-state index is 0.766. The molecule has 1 saturated carbocycles. The first-order valence-corrected chi connectivity index (χ1v) is 13.0. The van der Waals surface area contributed by atoms with E-state index >= 15 is 0 Å². The summed E-state index contributed by atoms with van der Waals surface area (Å²) in [5.74, 6) is 0. The minimum Gasteiger partial charge on any atom is -0.315 e. The number of nitrogens with one attached hydrogen (secondary N) is 2. The van der Waals surface area contributed by atoms with Gasteiger partial charge < -0.3 is 10.6 Å². The summed E-state index contributed by atoms with van der Waals surface area (Å²) >= 11 is 0. The molecular weight excluding hydrogens is 406 g/mol. The first-order valence-electron chi connectivity index (χ1n) is 13.0. The van der Waals surface area contributed by atoms with Gasteiger partial charge in [0.1, 0.15) is 5.65 Å². The molecule has 0 saturated heterocycles. The third-order valence-corrected chi connectivity index (χ3v) is 7.32. The maximum Gasteiger partial charge on any atom is 0.137 e. The summed E-state index contributed by atoms with van der Waals surface area (Å²) in [6.07, 6.45) is 9.44. The van der Waals surface area contributed by atoms with E-state index in [1.54, 1.807) is 0 Å². The molecule has 0 atom stereocenters. The van der Waals surface area contributed by atoms with Crippen molar-refractivity contribution in [2.45, 2.75) is 71.0 Å². The number of aryl methyl sites for hydroxylation is 1. The van der Waals surface area contributed by atoms with Crippen LogP contribution in [0, 0.1) is 6.92 Å². The minimum atomic E-state index is 0.766. The molecular formula is C28H39N5. The molecule has 0 unspecified atom stereocenters. The van der Waals surface area contributed by atoms with Crippen LogP contribution in [-0.4, -0.2) is 46.5 Å². The van der Waals surface area contributed by atoms with E-state index in [2.05, 4.69) is 69.3 Å². The number of pyridine rings is 1. The van der Waals surface area contributed by atoms with Gasteiger partial charge in [-0.2, -0.15) is 0 Å². The topological polar surface area (TPSA) is 44.6 Å². The van der Waals surface area contributed by atoms with Gasteiger partial charge in [-0.15, -0.1) is 0 Å². The first-order chi connectivity index (χ1) is 16.3. The Balaban J connectivity index is 1.10. The summed E-state index contributed by atoms with van der Waals surface area (Å²) in [5.41, 5.74) is 7.41. The lowest BCUT2D eigenvalue weighted by Crippen LogP contribution is -2.36. The van der Waals surface area contributed by atoms with Crippen LogP contribution >= 0.6 is 0 Å². The number of benzene rings is 1. The highest BCUT2D eigenvalue weighted by atomic mass is 15.2. The van der Waals surface area contributed by atoms with Crippen LogP contribution < -0.4 is 10.6 Å². The molecule has 1 fully saturated rings. The summed E-state index contributed by atoms with van der Waals surface area (Å²) in [7, 11) is 0. The maximum absolute atomic E-state index is 5.01. The number of unbranched alkanes of at least 4 members (excludes halogenated alkanes) is 1. The van der Waals surface area contributed by atoms with Crippen LogP contribution in [0.4, 0.5) is 0 Å². The molecule has 5 nitrogen and oxygen atoms in total. The van der Waals surface area contributed by atoms with Crippen molar-refractivity contribution in [3.63, 3.8) is 0 Å². The van der Waals surface area contributed by atoms with Crippen molar-refractivity contribution >= 4 is 5.65 Å². The third kappa shape index (κ3) is 5.48. The van der Waals surface area contributed by atoms with Gasteiger partial charge in [0.15, 0.2) is 0 Å². The second-order valence-electron chi connectivity index (χ2n) is 9.94. The monoisotopic (exact) mass is 445 g/mol. The lowest BCUT2D eigenvalue weighted by molar-refractivity contribution is 0.230. The molecule has 5 heteroatoms. The Kier molecular flexibility index (Phi) is 7.40. The van der Waals surface area contributed by atoms with Crippen molar-refractivity contribution in [2.75, 3.05) is 26.2 Å². The highest BCUT2D eigenvalue weighted by Gasteiger charge is 2.23.